The maximum atomic E-state index is 9.56. The molecule has 1 saturated carbocycles. The summed E-state index contributed by atoms with van der Waals surface area (Å²) in [7, 11) is 0. The van der Waals surface area contributed by atoms with Gasteiger partial charge >= 0.3 is 0 Å². The van der Waals surface area contributed by atoms with E-state index in [1.54, 1.807) is 0 Å². The number of rotatable bonds is 4. The van der Waals surface area contributed by atoms with Crippen molar-refractivity contribution in [2.24, 2.45) is 5.92 Å². The van der Waals surface area contributed by atoms with E-state index in [1.807, 2.05) is 0 Å². The number of hydrogen-bond donors (Lipinski definition) is 1. The predicted octanol–water partition coefficient (Wildman–Crippen LogP) is 6.73. The van der Waals surface area contributed by atoms with Gasteiger partial charge in [-0.1, -0.05) is 56.2 Å². The van der Waals surface area contributed by atoms with Crippen LogP contribution in [0.4, 0.5) is 0 Å². The first-order valence-electron chi connectivity index (χ1n) is 9.48. The zero-order valence-corrected chi connectivity index (χ0v) is 15.9. The minimum Gasteiger partial charge on any atom is -0.251 e. The van der Waals surface area contributed by atoms with E-state index in [4.69, 9.17) is 4.89 Å². The van der Waals surface area contributed by atoms with Crippen molar-refractivity contribution < 1.29 is 11.6 Å². The molecule has 3 rings (SSSR count). The summed E-state index contributed by atoms with van der Waals surface area (Å²) in [6.45, 7) is 8.69. The second kappa shape index (κ2) is 7.72. The molecule has 0 bridgehead atoms. The quantitative estimate of drug-likeness (QED) is 0.494. The summed E-state index contributed by atoms with van der Waals surface area (Å²) in [6.07, 6.45) is 4.81. The van der Waals surface area contributed by atoms with Gasteiger partial charge in [-0.3, -0.25) is 5.26 Å². The van der Waals surface area contributed by atoms with Crippen LogP contribution in [0.3, 0.4) is 0 Å². The van der Waals surface area contributed by atoms with Crippen molar-refractivity contribution in [3.8, 4) is 0 Å². The Balaban J connectivity index is 0.00000243. The molecule has 2 heteroatoms. The van der Waals surface area contributed by atoms with Gasteiger partial charge in [0.1, 0.15) is 6.10 Å². The molecule has 1 aliphatic rings. The van der Waals surface area contributed by atoms with Crippen molar-refractivity contribution >= 4 is 0 Å². The molecule has 0 aromatic heterocycles. The highest BCUT2D eigenvalue weighted by atomic mass is 17.1. The minimum absolute atomic E-state index is 0. The van der Waals surface area contributed by atoms with Crippen molar-refractivity contribution in [1.29, 1.82) is 0 Å². The van der Waals surface area contributed by atoms with Gasteiger partial charge in [-0.15, -0.1) is 0 Å². The fourth-order valence-electron chi connectivity index (χ4n) is 4.09. The fourth-order valence-corrected chi connectivity index (χ4v) is 4.09. The van der Waals surface area contributed by atoms with E-state index in [9.17, 15) is 5.26 Å². The van der Waals surface area contributed by atoms with Crippen molar-refractivity contribution in [3.63, 3.8) is 0 Å². The van der Waals surface area contributed by atoms with Gasteiger partial charge < -0.3 is 0 Å². The minimum atomic E-state index is -0.431. The molecule has 1 fully saturated rings. The zero-order chi connectivity index (χ0) is 18.0. The molecular formula is C23H32O2. The molecule has 1 atom stereocenters. The molecule has 1 unspecified atom stereocenters. The molecule has 0 aliphatic heterocycles. The first-order valence-corrected chi connectivity index (χ1v) is 9.48. The van der Waals surface area contributed by atoms with Crippen LogP contribution in [-0.4, -0.2) is 5.26 Å². The van der Waals surface area contributed by atoms with Crippen LogP contribution >= 0.6 is 0 Å². The highest BCUT2D eigenvalue weighted by molar-refractivity contribution is 5.43. The molecule has 0 amide bonds. The Morgan fingerprint density at radius 3 is 2.16 bits per heavy atom. The molecule has 0 saturated heterocycles. The maximum Gasteiger partial charge on any atom is 0.143 e. The highest BCUT2D eigenvalue weighted by Crippen LogP contribution is 2.37. The first-order chi connectivity index (χ1) is 12.0. The standard InChI is InChI=1S/C23H30O2.H2/c1-15-5-8-19(9-6-15)20-10-12-21(13-11-20)23(25-24)22-14-7-16(2)17(3)18(22)4;/h7,10-15,19,23-24H,5-6,8-9H2,1-4H3;1H. The smallest absolute Gasteiger partial charge is 0.143 e. The Morgan fingerprint density at radius 1 is 0.920 bits per heavy atom. The number of aryl methyl sites for hydroxylation is 1. The van der Waals surface area contributed by atoms with Crippen LogP contribution in [0.2, 0.25) is 0 Å². The lowest BCUT2D eigenvalue weighted by Crippen LogP contribution is -2.11. The third-order valence-corrected chi connectivity index (χ3v) is 6.21. The van der Waals surface area contributed by atoms with Crippen molar-refractivity contribution in [2.45, 2.75) is 65.4 Å². The average molecular weight is 341 g/mol. The van der Waals surface area contributed by atoms with Crippen LogP contribution in [0, 0.1) is 26.7 Å². The van der Waals surface area contributed by atoms with Crippen LogP contribution in [0.15, 0.2) is 36.4 Å². The average Bonchev–Trinajstić information content (AvgIpc) is 2.63. The van der Waals surface area contributed by atoms with Gasteiger partial charge in [-0.05, 0) is 78.8 Å². The van der Waals surface area contributed by atoms with E-state index in [0.29, 0.717) is 5.92 Å². The van der Waals surface area contributed by atoms with Gasteiger partial charge in [-0.2, -0.15) is 0 Å². The van der Waals surface area contributed by atoms with Crippen LogP contribution in [0.5, 0.6) is 0 Å². The lowest BCUT2D eigenvalue weighted by atomic mass is 9.79. The van der Waals surface area contributed by atoms with Crippen molar-refractivity contribution in [1.82, 2.24) is 0 Å². The maximum absolute atomic E-state index is 9.56. The summed E-state index contributed by atoms with van der Waals surface area (Å²) in [4.78, 5) is 4.90. The van der Waals surface area contributed by atoms with Crippen molar-refractivity contribution in [2.75, 3.05) is 0 Å². The molecule has 1 aliphatic carbocycles. The Hall–Kier alpha value is -1.64. The normalized spacial score (nSPS) is 22.0. The molecule has 1 N–H and O–H groups in total. The van der Waals surface area contributed by atoms with E-state index in [0.717, 1.165) is 17.0 Å². The van der Waals surface area contributed by atoms with Crippen LogP contribution in [0.25, 0.3) is 0 Å². The monoisotopic (exact) mass is 340 g/mol. The van der Waals surface area contributed by atoms with Crippen molar-refractivity contribution in [3.05, 3.63) is 69.8 Å². The number of hydrogen-bond acceptors (Lipinski definition) is 2. The third-order valence-electron chi connectivity index (χ3n) is 6.21. The van der Waals surface area contributed by atoms with Crippen LogP contribution in [-0.2, 0) is 4.89 Å². The second-order valence-electron chi connectivity index (χ2n) is 7.83. The Kier molecular flexibility index (Phi) is 5.61. The summed E-state index contributed by atoms with van der Waals surface area (Å²) in [5, 5.41) is 9.56. The van der Waals surface area contributed by atoms with Gasteiger partial charge in [0.15, 0.2) is 0 Å². The highest BCUT2D eigenvalue weighted by Gasteiger charge is 2.22. The Morgan fingerprint density at radius 2 is 1.56 bits per heavy atom. The van der Waals surface area contributed by atoms with E-state index in [1.165, 1.54) is 47.9 Å². The molecule has 2 aromatic carbocycles. The Labute approximate surface area is 153 Å². The van der Waals surface area contributed by atoms with Gasteiger partial charge in [0.25, 0.3) is 0 Å². The fraction of sp³-hybridized carbons (Fsp3) is 0.478. The molecule has 0 heterocycles. The Bertz CT molecular complexity index is 716. The molecule has 0 radical (unpaired) electrons. The summed E-state index contributed by atoms with van der Waals surface area (Å²) in [5.41, 5.74) is 7.16. The first kappa shape index (κ1) is 18.2. The van der Waals surface area contributed by atoms with Gasteiger partial charge in [0, 0.05) is 1.43 Å². The second-order valence-corrected chi connectivity index (χ2v) is 7.83. The van der Waals surface area contributed by atoms with E-state index in [-0.39, 0.29) is 1.43 Å². The summed E-state index contributed by atoms with van der Waals surface area (Å²) >= 11 is 0. The van der Waals surface area contributed by atoms with Gasteiger partial charge in [-0.25, -0.2) is 4.89 Å². The van der Waals surface area contributed by atoms with Gasteiger partial charge in [0.05, 0.1) is 0 Å². The van der Waals surface area contributed by atoms with E-state index < -0.39 is 6.10 Å². The predicted molar refractivity (Wildman–Crippen MR) is 105 cm³/mol. The van der Waals surface area contributed by atoms with Crippen LogP contribution < -0.4 is 0 Å². The molecule has 2 aromatic rings. The number of benzene rings is 2. The molecule has 25 heavy (non-hydrogen) atoms. The lowest BCUT2D eigenvalue weighted by Gasteiger charge is -2.27. The van der Waals surface area contributed by atoms with E-state index >= 15 is 0 Å². The molecular weight excluding hydrogens is 308 g/mol. The van der Waals surface area contributed by atoms with E-state index in [2.05, 4.69) is 64.1 Å². The summed E-state index contributed by atoms with van der Waals surface area (Å²) in [5.74, 6) is 1.55. The molecule has 0 spiro atoms. The zero-order valence-electron chi connectivity index (χ0n) is 15.9. The summed E-state index contributed by atoms with van der Waals surface area (Å²) in [6, 6.07) is 12.8. The van der Waals surface area contributed by atoms with Gasteiger partial charge in [0.2, 0.25) is 0 Å². The van der Waals surface area contributed by atoms with Crippen LogP contribution in [0.1, 0.15) is 79.4 Å². The summed E-state index contributed by atoms with van der Waals surface area (Å²) < 4.78 is 0. The lowest BCUT2D eigenvalue weighted by molar-refractivity contribution is -0.270. The molecule has 2 nitrogen and oxygen atoms in total. The largest absolute Gasteiger partial charge is 0.251 e. The topological polar surface area (TPSA) is 29.5 Å². The SMILES string of the molecule is Cc1ccc(C(OO)c2ccc(C3CCC(C)CC3)cc2)c(C)c1C.[HH]. The third kappa shape index (κ3) is 3.80. The molecule has 136 valence electrons.